The molecule has 0 aliphatic rings. The summed E-state index contributed by atoms with van der Waals surface area (Å²) in [6, 6.07) is 10.0. The number of nitrogens with zero attached hydrogens (tertiary/aromatic N) is 1. The van der Waals surface area contributed by atoms with Gasteiger partial charge in [0.25, 0.3) is 5.91 Å². The average Bonchev–Trinajstić information content (AvgIpc) is 2.88. The third-order valence-corrected chi connectivity index (χ3v) is 4.17. The summed E-state index contributed by atoms with van der Waals surface area (Å²) in [7, 11) is 4.18. The number of hydrogen-bond acceptors (Lipinski definition) is 4. The molecule has 5 heteroatoms. The molecular formula is C19H27N3O2. The van der Waals surface area contributed by atoms with Gasteiger partial charge in [-0.25, -0.2) is 0 Å². The lowest BCUT2D eigenvalue weighted by Crippen LogP contribution is -2.33. The summed E-state index contributed by atoms with van der Waals surface area (Å²) in [6.45, 7) is 6.71. The predicted molar refractivity (Wildman–Crippen MR) is 98.8 cm³/mol. The Kier molecular flexibility index (Phi) is 6.04. The Morgan fingerprint density at radius 2 is 1.79 bits per heavy atom. The van der Waals surface area contributed by atoms with Crippen LogP contribution in [0.3, 0.4) is 0 Å². The first kappa shape index (κ1) is 18.1. The largest absolute Gasteiger partial charge is 0.466 e. The van der Waals surface area contributed by atoms with E-state index in [1.165, 1.54) is 0 Å². The van der Waals surface area contributed by atoms with Gasteiger partial charge < -0.3 is 20.0 Å². The lowest BCUT2D eigenvalue weighted by atomic mass is 10.2. The van der Waals surface area contributed by atoms with Gasteiger partial charge in [0.1, 0.15) is 11.5 Å². The van der Waals surface area contributed by atoms with Crippen LogP contribution in [0.15, 0.2) is 34.7 Å². The molecule has 0 bridgehead atoms. The van der Waals surface area contributed by atoms with Crippen LogP contribution in [-0.2, 0) is 0 Å². The van der Waals surface area contributed by atoms with Crippen LogP contribution in [0.4, 0.5) is 11.4 Å². The molecule has 0 spiro atoms. The molecule has 1 atom stereocenters. The van der Waals surface area contributed by atoms with E-state index in [-0.39, 0.29) is 5.91 Å². The van der Waals surface area contributed by atoms with Crippen LogP contribution in [0.1, 0.15) is 35.2 Å². The van der Waals surface area contributed by atoms with Gasteiger partial charge in [0, 0.05) is 24.0 Å². The molecule has 1 heterocycles. The fourth-order valence-electron chi connectivity index (χ4n) is 2.65. The zero-order valence-corrected chi connectivity index (χ0v) is 15.1. The third kappa shape index (κ3) is 4.61. The molecule has 1 unspecified atom stereocenters. The van der Waals surface area contributed by atoms with Gasteiger partial charge in [0.05, 0.1) is 5.56 Å². The maximum Gasteiger partial charge on any atom is 0.259 e. The average molecular weight is 329 g/mol. The molecule has 130 valence electrons. The van der Waals surface area contributed by atoms with Gasteiger partial charge in [-0.3, -0.25) is 4.79 Å². The molecule has 1 amide bonds. The molecule has 0 saturated carbocycles. The Morgan fingerprint density at radius 3 is 2.29 bits per heavy atom. The van der Waals surface area contributed by atoms with Crippen molar-refractivity contribution in [2.45, 2.75) is 33.2 Å². The van der Waals surface area contributed by atoms with Crippen LogP contribution >= 0.6 is 0 Å². The van der Waals surface area contributed by atoms with Gasteiger partial charge in [-0.15, -0.1) is 0 Å². The number of likely N-dealkylation sites (N-methyl/N-ethyl adjacent to an activating group) is 1. The highest BCUT2D eigenvalue weighted by molar-refractivity contribution is 6.05. The molecule has 0 aliphatic carbocycles. The lowest BCUT2D eigenvalue weighted by Gasteiger charge is -2.23. The van der Waals surface area contributed by atoms with Crippen molar-refractivity contribution in [3.05, 3.63) is 47.4 Å². The number of furan rings is 1. The van der Waals surface area contributed by atoms with Gasteiger partial charge in [0.15, 0.2) is 0 Å². The highest BCUT2D eigenvalue weighted by atomic mass is 16.3. The number of nitrogens with one attached hydrogen (secondary N) is 2. The summed E-state index contributed by atoms with van der Waals surface area (Å²) < 4.78 is 5.40. The standard InChI is InChI=1S/C19H27N3O2/c1-6-17(22(4)5)12-20-15-7-9-16(10-8-15)21-19(23)18-11-13(2)24-14(18)3/h7-11,17,20H,6,12H2,1-5H3,(H,21,23). The lowest BCUT2D eigenvalue weighted by molar-refractivity contribution is 0.102. The minimum absolute atomic E-state index is 0.149. The van der Waals surface area contributed by atoms with Crippen LogP contribution < -0.4 is 10.6 Å². The van der Waals surface area contributed by atoms with Crippen LogP contribution in [-0.4, -0.2) is 37.5 Å². The molecule has 0 fully saturated rings. The van der Waals surface area contributed by atoms with Crippen molar-refractivity contribution < 1.29 is 9.21 Å². The zero-order valence-electron chi connectivity index (χ0n) is 15.1. The van der Waals surface area contributed by atoms with Crippen molar-refractivity contribution in [3.63, 3.8) is 0 Å². The van der Waals surface area contributed by atoms with Crippen LogP contribution in [0.25, 0.3) is 0 Å². The zero-order chi connectivity index (χ0) is 17.7. The normalized spacial score (nSPS) is 12.2. The highest BCUT2D eigenvalue weighted by Crippen LogP contribution is 2.18. The van der Waals surface area contributed by atoms with Crippen molar-refractivity contribution in [1.82, 2.24) is 4.90 Å². The smallest absolute Gasteiger partial charge is 0.259 e. The van der Waals surface area contributed by atoms with E-state index in [0.29, 0.717) is 17.4 Å². The molecule has 1 aromatic carbocycles. The minimum atomic E-state index is -0.149. The van der Waals surface area contributed by atoms with Crippen molar-refractivity contribution in [2.24, 2.45) is 0 Å². The van der Waals surface area contributed by atoms with Gasteiger partial charge in [-0.2, -0.15) is 0 Å². The van der Waals surface area contributed by atoms with Crippen molar-refractivity contribution in [1.29, 1.82) is 0 Å². The molecule has 24 heavy (non-hydrogen) atoms. The Hall–Kier alpha value is -2.27. The number of benzene rings is 1. The summed E-state index contributed by atoms with van der Waals surface area (Å²) in [5.74, 6) is 1.23. The Bertz CT molecular complexity index is 674. The maximum absolute atomic E-state index is 12.3. The molecule has 0 saturated heterocycles. The number of carbonyl (C=O) groups is 1. The monoisotopic (exact) mass is 329 g/mol. The number of amides is 1. The van der Waals surface area contributed by atoms with Crippen molar-refractivity contribution in [3.8, 4) is 0 Å². The summed E-state index contributed by atoms with van der Waals surface area (Å²) in [5, 5.41) is 6.33. The molecular weight excluding hydrogens is 302 g/mol. The summed E-state index contributed by atoms with van der Waals surface area (Å²) >= 11 is 0. The number of aryl methyl sites for hydroxylation is 2. The van der Waals surface area contributed by atoms with Gasteiger partial charge in [-0.1, -0.05) is 6.92 Å². The molecule has 2 aromatic rings. The second-order valence-corrected chi connectivity index (χ2v) is 6.26. The molecule has 1 aromatic heterocycles. The SMILES string of the molecule is CCC(CNc1ccc(NC(=O)c2cc(C)oc2C)cc1)N(C)C. The summed E-state index contributed by atoms with van der Waals surface area (Å²) in [6.07, 6.45) is 1.09. The first-order valence-corrected chi connectivity index (χ1v) is 8.29. The van der Waals surface area contributed by atoms with Crippen LogP contribution in [0.2, 0.25) is 0 Å². The van der Waals surface area contributed by atoms with E-state index in [9.17, 15) is 4.79 Å². The van der Waals surface area contributed by atoms with Gasteiger partial charge in [-0.05, 0) is 64.7 Å². The highest BCUT2D eigenvalue weighted by Gasteiger charge is 2.13. The third-order valence-electron chi connectivity index (χ3n) is 4.17. The Morgan fingerprint density at radius 1 is 1.17 bits per heavy atom. The molecule has 2 rings (SSSR count). The number of hydrogen-bond donors (Lipinski definition) is 2. The Balaban J connectivity index is 1.94. The van der Waals surface area contributed by atoms with E-state index < -0.39 is 0 Å². The fraction of sp³-hybridized carbons (Fsp3) is 0.421. The van der Waals surface area contributed by atoms with Gasteiger partial charge >= 0.3 is 0 Å². The van der Waals surface area contributed by atoms with Gasteiger partial charge in [0.2, 0.25) is 0 Å². The second kappa shape index (κ2) is 8.02. The van der Waals surface area contributed by atoms with E-state index in [1.54, 1.807) is 13.0 Å². The summed E-state index contributed by atoms with van der Waals surface area (Å²) in [5.41, 5.74) is 2.39. The Labute approximate surface area is 144 Å². The number of rotatable bonds is 7. The second-order valence-electron chi connectivity index (χ2n) is 6.26. The number of carbonyl (C=O) groups excluding carboxylic acids is 1. The van der Waals surface area contributed by atoms with E-state index >= 15 is 0 Å². The van der Waals surface area contributed by atoms with E-state index in [1.807, 2.05) is 31.2 Å². The molecule has 0 aliphatic heterocycles. The topological polar surface area (TPSA) is 57.5 Å². The van der Waals surface area contributed by atoms with E-state index in [0.717, 1.165) is 30.1 Å². The van der Waals surface area contributed by atoms with Crippen LogP contribution in [0, 0.1) is 13.8 Å². The fourth-order valence-corrected chi connectivity index (χ4v) is 2.65. The molecule has 5 nitrogen and oxygen atoms in total. The first-order valence-electron chi connectivity index (χ1n) is 8.29. The first-order chi connectivity index (χ1) is 11.4. The van der Waals surface area contributed by atoms with Crippen molar-refractivity contribution in [2.75, 3.05) is 31.3 Å². The van der Waals surface area contributed by atoms with Crippen molar-refractivity contribution >= 4 is 17.3 Å². The van der Waals surface area contributed by atoms with E-state index in [2.05, 4.69) is 36.6 Å². The van der Waals surface area contributed by atoms with Crippen LogP contribution in [0.5, 0.6) is 0 Å². The molecule has 2 N–H and O–H groups in total. The predicted octanol–water partition coefficient (Wildman–Crippen LogP) is 3.90. The quantitative estimate of drug-likeness (QED) is 0.809. The molecule has 0 radical (unpaired) electrons. The number of anilines is 2. The maximum atomic E-state index is 12.3. The van der Waals surface area contributed by atoms with E-state index in [4.69, 9.17) is 4.42 Å². The summed E-state index contributed by atoms with van der Waals surface area (Å²) in [4.78, 5) is 14.5. The minimum Gasteiger partial charge on any atom is -0.466 e.